The van der Waals surface area contributed by atoms with Crippen LogP contribution in [0.3, 0.4) is 0 Å². The maximum atomic E-state index is 12.2. The molecule has 0 spiro atoms. The molecular weight excluding hydrogens is 312 g/mol. The van der Waals surface area contributed by atoms with Crippen LogP contribution < -0.4 is 4.18 Å². The highest BCUT2D eigenvalue weighted by Gasteiger charge is 2.08. The molecule has 0 fully saturated rings. The van der Waals surface area contributed by atoms with Crippen molar-refractivity contribution in [3.63, 3.8) is 0 Å². The van der Waals surface area contributed by atoms with Gasteiger partial charge in [0.15, 0.2) is 5.78 Å². The molecule has 0 heterocycles. The summed E-state index contributed by atoms with van der Waals surface area (Å²) >= 11 is 4.62. The summed E-state index contributed by atoms with van der Waals surface area (Å²) in [6.07, 6.45) is 1.85. The van der Waals surface area contributed by atoms with Crippen molar-refractivity contribution in [2.24, 2.45) is 0 Å². The van der Waals surface area contributed by atoms with E-state index in [9.17, 15) is 4.79 Å². The van der Waals surface area contributed by atoms with Crippen molar-refractivity contribution in [2.75, 3.05) is 6.26 Å². The van der Waals surface area contributed by atoms with Crippen molar-refractivity contribution in [3.05, 3.63) is 64.1 Å². The van der Waals surface area contributed by atoms with Gasteiger partial charge >= 0.3 is 0 Å². The first kappa shape index (κ1) is 13.2. The van der Waals surface area contributed by atoms with E-state index in [0.717, 1.165) is 10.2 Å². The van der Waals surface area contributed by atoms with Gasteiger partial charge in [-0.25, -0.2) is 0 Å². The van der Waals surface area contributed by atoms with Crippen molar-refractivity contribution in [1.29, 1.82) is 0 Å². The van der Waals surface area contributed by atoms with E-state index >= 15 is 0 Å². The zero-order valence-corrected chi connectivity index (χ0v) is 12.1. The molecule has 0 N–H and O–H groups in total. The molecule has 92 valence electrons. The van der Waals surface area contributed by atoms with Crippen LogP contribution in [0.25, 0.3) is 0 Å². The predicted molar refractivity (Wildman–Crippen MR) is 78.2 cm³/mol. The average molecular weight is 323 g/mol. The SMILES string of the molecule is CSOc1ccc(C(=O)c2ccc(Br)cc2)cc1. The van der Waals surface area contributed by atoms with Gasteiger partial charge in [0.05, 0.1) is 12.0 Å². The number of rotatable bonds is 4. The van der Waals surface area contributed by atoms with Crippen molar-refractivity contribution in [3.8, 4) is 5.75 Å². The molecule has 2 nitrogen and oxygen atoms in total. The van der Waals surface area contributed by atoms with Gasteiger partial charge in [-0.1, -0.05) is 15.9 Å². The summed E-state index contributed by atoms with van der Waals surface area (Å²) in [5, 5.41) is 0. The molecule has 2 aromatic rings. The van der Waals surface area contributed by atoms with E-state index in [4.69, 9.17) is 4.18 Å². The topological polar surface area (TPSA) is 26.3 Å². The second-order valence-electron chi connectivity index (χ2n) is 3.61. The normalized spacial score (nSPS) is 10.1. The second-order valence-corrected chi connectivity index (χ2v) is 5.03. The Kier molecular flexibility index (Phi) is 4.44. The molecule has 18 heavy (non-hydrogen) atoms. The van der Waals surface area contributed by atoms with Gasteiger partial charge in [0.1, 0.15) is 5.75 Å². The highest BCUT2D eigenvalue weighted by Crippen LogP contribution is 2.19. The van der Waals surface area contributed by atoms with Crippen molar-refractivity contribution < 1.29 is 8.98 Å². The molecule has 0 aliphatic rings. The number of hydrogen-bond acceptors (Lipinski definition) is 3. The lowest BCUT2D eigenvalue weighted by atomic mass is 10.0. The molecule has 0 aromatic heterocycles. The summed E-state index contributed by atoms with van der Waals surface area (Å²) in [4.78, 5) is 12.2. The minimum absolute atomic E-state index is 0.0122. The fourth-order valence-corrected chi connectivity index (χ4v) is 2.09. The number of halogens is 1. The lowest BCUT2D eigenvalue weighted by Crippen LogP contribution is -2.00. The van der Waals surface area contributed by atoms with Crippen LogP contribution in [0.1, 0.15) is 15.9 Å². The molecule has 0 saturated carbocycles. The van der Waals surface area contributed by atoms with E-state index in [1.165, 1.54) is 12.0 Å². The van der Waals surface area contributed by atoms with Crippen LogP contribution in [0.4, 0.5) is 0 Å². The largest absolute Gasteiger partial charge is 0.426 e. The Hall–Kier alpha value is -1.26. The summed E-state index contributed by atoms with van der Waals surface area (Å²) in [6.45, 7) is 0. The molecule has 0 aliphatic carbocycles. The molecule has 0 radical (unpaired) electrons. The van der Waals surface area contributed by atoms with E-state index in [-0.39, 0.29) is 5.78 Å². The standard InChI is InChI=1S/C14H11BrO2S/c1-18-17-13-8-4-11(5-9-13)14(16)10-2-6-12(15)7-3-10/h2-9H,1H3. The van der Waals surface area contributed by atoms with Crippen LogP contribution in [0, 0.1) is 0 Å². The number of carbonyl (C=O) groups excluding carboxylic acids is 1. The molecule has 0 atom stereocenters. The Balaban J connectivity index is 2.20. The van der Waals surface area contributed by atoms with Gasteiger partial charge in [-0.2, -0.15) is 0 Å². The molecule has 0 bridgehead atoms. The van der Waals surface area contributed by atoms with E-state index in [1.54, 1.807) is 36.4 Å². The Labute approximate surface area is 119 Å². The monoisotopic (exact) mass is 322 g/mol. The molecule has 4 heteroatoms. The maximum absolute atomic E-state index is 12.2. The summed E-state index contributed by atoms with van der Waals surface area (Å²) in [7, 11) is 0. The maximum Gasteiger partial charge on any atom is 0.193 e. The first-order chi connectivity index (χ1) is 8.70. The molecule has 2 aromatic carbocycles. The zero-order chi connectivity index (χ0) is 13.0. The van der Waals surface area contributed by atoms with Gasteiger partial charge in [0.2, 0.25) is 0 Å². The highest BCUT2D eigenvalue weighted by molar-refractivity contribution is 9.10. The van der Waals surface area contributed by atoms with E-state index in [1.807, 2.05) is 18.4 Å². The van der Waals surface area contributed by atoms with Crippen LogP contribution in [0.5, 0.6) is 5.75 Å². The van der Waals surface area contributed by atoms with Crippen molar-refractivity contribution in [1.82, 2.24) is 0 Å². The Morgan fingerprint density at radius 3 is 2.00 bits per heavy atom. The summed E-state index contributed by atoms with van der Waals surface area (Å²) in [5.41, 5.74) is 1.34. The quantitative estimate of drug-likeness (QED) is 0.618. The highest BCUT2D eigenvalue weighted by atomic mass is 79.9. The molecular formula is C14H11BrO2S. The predicted octanol–water partition coefficient (Wildman–Crippen LogP) is 4.34. The second kappa shape index (κ2) is 6.07. The first-order valence-electron chi connectivity index (χ1n) is 5.31. The van der Waals surface area contributed by atoms with Gasteiger partial charge in [0, 0.05) is 21.9 Å². The number of carbonyl (C=O) groups is 1. The van der Waals surface area contributed by atoms with Gasteiger partial charge < -0.3 is 4.18 Å². The summed E-state index contributed by atoms with van der Waals surface area (Å²) < 4.78 is 6.22. The van der Waals surface area contributed by atoms with E-state index in [0.29, 0.717) is 11.1 Å². The minimum Gasteiger partial charge on any atom is -0.426 e. The van der Waals surface area contributed by atoms with Gasteiger partial charge in [-0.05, 0) is 48.5 Å². The van der Waals surface area contributed by atoms with Crippen molar-refractivity contribution in [2.45, 2.75) is 0 Å². The summed E-state index contributed by atoms with van der Waals surface area (Å²) in [5.74, 6) is 0.757. The first-order valence-corrected chi connectivity index (χ1v) is 7.26. The van der Waals surface area contributed by atoms with Gasteiger partial charge in [0.25, 0.3) is 0 Å². The fourth-order valence-electron chi connectivity index (χ4n) is 1.53. The van der Waals surface area contributed by atoms with Gasteiger partial charge in [-0.3, -0.25) is 4.79 Å². The fraction of sp³-hybridized carbons (Fsp3) is 0.0714. The van der Waals surface area contributed by atoms with Crippen LogP contribution in [-0.2, 0) is 0 Å². The number of benzene rings is 2. The van der Waals surface area contributed by atoms with E-state index in [2.05, 4.69) is 15.9 Å². The lowest BCUT2D eigenvalue weighted by Gasteiger charge is -2.03. The smallest absolute Gasteiger partial charge is 0.193 e. The molecule has 2 rings (SSSR count). The van der Waals surface area contributed by atoms with Crippen LogP contribution in [0.15, 0.2) is 53.0 Å². The van der Waals surface area contributed by atoms with Crippen molar-refractivity contribution >= 4 is 33.8 Å². The van der Waals surface area contributed by atoms with Crippen LogP contribution in [-0.4, -0.2) is 12.0 Å². The molecule has 0 amide bonds. The number of hydrogen-bond donors (Lipinski definition) is 0. The minimum atomic E-state index is 0.0122. The third-order valence-corrected chi connectivity index (χ3v) is 3.29. The van der Waals surface area contributed by atoms with E-state index < -0.39 is 0 Å². The Morgan fingerprint density at radius 2 is 1.50 bits per heavy atom. The third-order valence-electron chi connectivity index (χ3n) is 2.40. The third kappa shape index (κ3) is 3.15. The molecule has 0 aliphatic heterocycles. The van der Waals surface area contributed by atoms with Crippen LogP contribution in [0.2, 0.25) is 0 Å². The van der Waals surface area contributed by atoms with Crippen LogP contribution >= 0.6 is 28.0 Å². The molecule has 0 unspecified atom stereocenters. The average Bonchev–Trinajstić information content (AvgIpc) is 2.40. The lowest BCUT2D eigenvalue weighted by molar-refractivity contribution is 0.103. The summed E-state index contributed by atoms with van der Waals surface area (Å²) in [6, 6.07) is 14.5. The van der Waals surface area contributed by atoms with Gasteiger partial charge in [-0.15, -0.1) is 0 Å². The Bertz CT molecular complexity index is 535. The molecule has 0 saturated heterocycles. The zero-order valence-electron chi connectivity index (χ0n) is 9.72. The number of ketones is 1. The Morgan fingerprint density at radius 1 is 1.00 bits per heavy atom.